The average Bonchev–Trinajstić information content (AvgIpc) is 2.82. The van der Waals surface area contributed by atoms with Crippen molar-refractivity contribution in [2.24, 2.45) is 5.92 Å². The smallest absolute Gasteiger partial charge is 0.227 e. The maximum Gasteiger partial charge on any atom is 0.227 e. The van der Waals surface area contributed by atoms with Crippen LogP contribution < -0.4 is 15.0 Å². The summed E-state index contributed by atoms with van der Waals surface area (Å²) in [6.07, 6.45) is 0.725. The third kappa shape index (κ3) is 5.46. The van der Waals surface area contributed by atoms with Gasteiger partial charge in [-0.05, 0) is 61.5 Å². The lowest BCUT2D eigenvalue weighted by atomic mass is 9.83. The number of hydrogen-bond acceptors (Lipinski definition) is 4. The number of nitrogens with zero attached hydrogens (tertiary/aromatic N) is 2. The van der Waals surface area contributed by atoms with Crippen molar-refractivity contribution in [1.29, 1.82) is 0 Å². The Labute approximate surface area is 189 Å². The Morgan fingerprint density at radius 1 is 1.12 bits per heavy atom. The zero-order valence-corrected chi connectivity index (χ0v) is 19.0. The lowest BCUT2D eigenvalue weighted by Crippen LogP contribution is -2.49. The van der Waals surface area contributed by atoms with Gasteiger partial charge in [-0.1, -0.05) is 26.0 Å². The SMILES string of the molecule is CCN(CC)CCNC(=O)[C@H]1CCC(=O)N(c2ccc(OC)cc2)[C@H]1c1ccc(F)cc1. The molecule has 2 aromatic rings. The van der Waals surface area contributed by atoms with E-state index in [1.54, 1.807) is 36.3 Å². The van der Waals surface area contributed by atoms with Gasteiger partial charge in [0, 0.05) is 25.2 Å². The molecule has 1 aliphatic rings. The van der Waals surface area contributed by atoms with Crippen molar-refractivity contribution < 1.29 is 18.7 Å². The summed E-state index contributed by atoms with van der Waals surface area (Å²) >= 11 is 0. The predicted octanol–water partition coefficient (Wildman–Crippen LogP) is 3.78. The molecule has 0 spiro atoms. The first-order valence-corrected chi connectivity index (χ1v) is 11.2. The number of likely N-dealkylation sites (N-methyl/N-ethyl adjacent to an activating group) is 1. The summed E-state index contributed by atoms with van der Waals surface area (Å²) in [6.45, 7) is 7.35. The average molecular weight is 442 g/mol. The normalized spacial score (nSPS) is 18.7. The summed E-state index contributed by atoms with van der Waals surface area (Å²) in [5, 5.41) is 3.06. The second-order valence-electron chi connectivity index (χ2n) is 7.92. The maximum atomic E-state index is 13.6. The first-order valence-electron chi connectivity index (χ1n) is 11.2. The predicted molar refractivity (Wildman–Crippen MR) is 123 cm³/mol. The van der Waals surface area contributed by atoms with E-state index in [2.05, 4.69) is 24.1 Å². The summed E-state index contributed by atoms with van der Waals surface area (Å²) in [4.78, 5) is 30.2. The van der Waals surface area contributed by atoms with E-state index in [0.29, 0.717) is 24.4 Å². The van der Waals surface area contributed by atoms with E-state index in [1.807, 2.05) is 12.1 Å². The van der Waals surface area contributed by atoms with Gasteiger partial charge in [0.25, 0.3) is 0 Å². The monoisotopic (exact) mass is 441 g/mol. The Morgan fingerprint density at radius 3 is 2.38 bits per heavy atom. The quantitative estimate of drug-likeness (QED) is 0.643. The van der Waals surface area contributed by atoms with Crippen molar-refractivity contribution in [2.45, 2.75) is 32.7 Å². The Morgan fingerprint density at radius 2 is 1.78 bits per heavy atom. The maximum absolute atomic E-state index is 13.6. The first-order chi connectivity index (χ1) is 15.5. The van der Waals surface area contributed by atoms with Crippen molar-refractivity contribution in [3.05, 3.63) is 59.9 Å². The van der Waals surface area contributed by atoms with Crippen LogP contribution in [-0.2, 0) is 9.59 Å². The molecule has 0 saturated carbocycles. The number of carbonyl (C=O) groups is 2. The van der Waals surface area contributed by atoms with Crippen LogP contribution in [0.1, 0.15) is 38.3 Å². The number of piperidine rings is 1. The number of halogens is 1. The lowest BCUT2D eigenvalue weighted by Gasteiger charge is -2.41. The Bertz CT molecular complexity index is 898. The molecule has 6 nitrogen and oxygen atoms in total. The van der Waals surface area contributed by atoms with Crippen LogP contribution in [0.5, 0.6) is 5.75 Å². The minimum atomic E-state index is -0.515. The zero-order chi connectivity index (χ0) is 23.1. The van der Waals surface area contributed by atoms with E-state index < -0.39 is 12.0 Å². The molecular formula is C25H32FN3O3. The van der Waals surface area contributed by atoms with Gasteiger partial charge < -0.3 is 19.9 Å². The molecule has 0 unspecified atom stereocenters. The summed E-state index contributed by atoms with van der Waals surface area (Å²) < 4.78 is 18.9. The van der Waals surface area contributed by atoms with E-state index in [9.17, 15) is 14.0 Å². The van der Waals surface area contributed by atoms with Crippen LogP contribution in [0.25, 0.3) is 0 Å². The highest BCUT2D eigenvalue weighted by atomic mass is 19.1. The van der Waals surface area contributed by atoms with Gasteiger partial charge in [-0.2, -0.15) is 0 Å². The fraction of sp³-hybridized carbons (Fsp3) is 0.440. The van der Waals surface area contributed by atoms with E-state index in [4.69, 9.17) is 4.74 Å². The molecule has 0 aliphatic carbocycles. The Kier molecular flexibility index (Phi) is 8.22. The van der Waals surface area contributed by atoms with E-state index >= 15 is 0 Å². The van der Waals surface area contributed by atoms with Crippen molar-refractivity contribution in [3.8, 4) is 5.75 Å². The summed E-state index contributed by atoms with van der Waals surface area (Å²) in [5.74, 6) is -0.250. The van der Waals surface area contributed by atoms with Crippen LogP contribution in [0.2, 0.25) is 0 Å². The third-order valence-electron chi connectivity index (χ3n) is 6.12. The molecule has 0 bridgehead atoms. The number of nitrogens with one attached hydrogen (secondary N) is 1. The standard InChI is InChI=1S/C25H32FN3O3/c1-4-28(5-2)17-16-27-25(31)22-14-15-23(30)29(20-10-12-21(32-3)13-11-20)24(22)18-6-8-19(26)9-7-18/h6-13,22,24H,4-5,14-17H2,1-3H3,(H,27,31)/t22-,24-/m0/s1. The van der Waals surface area contributed by atoms with Crippen LogP contribution in [0, 0.1) is 11.7 Å². The van der Waals surface area contributed by atoms with Gasteiger partial charge in [0.05, 0.1) is 19.1 Å². The van der Waals surface area contributed by atoms with Gasteiger partial charge in [0.1, 0.15) is 11.6 Å². The summed E-state index contributed by atoms with van der Waals surface area (Å²) in [6, 6.07) is 12.7. The van der Waals surface area contributed by atoms with Gasteiger partial charge in [0.15, 0.2) is 0 Å². The van der Waals surface area contributed by atoms with Gasteiger partial charge in [0.2, 0.25) is 11.8 Å². The minimum Gasteiger partial charge on any atom is -0.497 e. The molecule has 1 heterocycles. The van der Waals surface area contributed by atoms with Gasteiger partial charge in [-0.25, -0.2) is 4.39 Å². The third-order valence-corrected chi connectivity index (χ3v) is 6.12. The highest BCUT2D eigenvalue weighted by Crippen LogP contribution is 2.40. The number of ether oxygens (including phenoxy) is 1. The van der Waals surface area contributed by atoms with Crippen LogP contribution in [-0.4, -0.2) is 50.0 Å². The van der Waals surface area contributed by atoms with E-state index in [1.165, 1.54) is 12.1 Å². The fourth-order valence-corrected chi connectivity index (χ4v) is 4.26. The Balaban J connectivity index is 1.90. The van der Waals surface area contributed by atoms with Gasteiger partial charge in [-0.3, -0.25) is 9.59 Å². The number of hydrogen-bond donors (Lipinski definition) is 1. The summed E-state index contributed by atoms with van der Waals surface area (Å²) in [5.41, 5.74) is 1.42. The second kappa shape index (κ2) is 11.1. The second-order valence-corrected chi connectivity index (χ2v) is 7.92. The molecule has 3 rings (SSSR count). The molecule has 32 heavy (non-hydrogen) atoms. The number of carbonyl (C=O) groups excluding carboxylic acids is 2. The first kappa shape index (κ1) is 23.7. The molecule has 2 amide bonds. The molecule has 2 aromatic carbocycles. The molecule has 1 N–H and O–H groups in total. The number of benzene rings is 2. The van der Waals surface area contributed by atoms with E-state index in [0.717, 1.165) is 25.2 Å². The molecule has 1 fully saturated rings. The molecule has 172 valence electrons. The largest absolute Gasteiger partial charge is 0.497 e. The molecule has 0 aromatic heterocycles. The molecule has 7 heteroatoms. The van der Waals surface area contributed by atoms with Crippen molar-refractivity contribution in [3.63, 3.8) is 0 Å². The highest BCUT2D eigenvalue weighted by molar-refractivity contribution is 5.97. The van der Waals surface area contributed by atoms with Crippen LogP contribution in [0.4, 0.5) is 10.1 Å². The van der Waals surface area contributed by atoms with Gasteiger partial charge >= 0.3 is 0 Å². The molecule has 1 aliphatic heterocycles. The van der Waals surface area contributed by atoms with Crippen LogP contribution >= 0.6 is 0 Å². The minimum absolute atomic E-state index is 0.0586. The highest BCUT2D eigenvalue weighted by Gasteiger charge is 2.41. The van der Waals surface area contributed by atoms with Gasteiger partial charge in [-0.15, -0.1) is 0 Å². The summed E-state index contributed by atoms with van der Waals surface area (Å²) in [7, 11) is 1.58. The van der Waals surface area contributed by atoms with Crippen molar-refractivity contribution in [2.75, 3.05) is 38.2 Å². The van der Waals surface area contributed by atoms with Crippen LogP contribution in [0.15, 0.2) is 48.5 Å². The molecule has 1 saturated heterocycles. The zero-order valence-electron chi connectivity index (χ0n) is 19.0. The number of anilines is 1. The van der Waals surface area contributed by atoms with Crippen LogP contribution in [0.3, 0.4) is 0 Å². The van der Waals surface area contributed by atoms with E-state index in [-0.39, 0.29) is 24.1 Å². The fourth-order valence-electron chi connectivity index (χ4n) is 4.26. The lowest BCUT2D eigenvalue weighted by molar-refractivity contribution is -0.129. The number of rotatable bonds is 9. The van der Waals surface area contributed by atoms with Crippen molar-refractivity contribution >= 4 is 17.5 Å². The Hall–Kier alpha value is -2.93. The van der Waals surface area contributed by atoms with Crippen molar-refractivity contribution in [1.82, 2.24) is 10.2 Å². The molecule has 0 radical (unpaired) electrons. The molecular weight excluding hydrogens is 409 g/mol. The molecule has 2 atom stereocenters. The number of methoxy groups -OCH3 is 1. The number of amides is 2. The topological polar surface area (TPSA) is 61.9 Å².